The molecule has 0 aromatic rings. The third-order valence-corrected chi connectivity index (χ3v) is 3.17. The number of allylic oxidation sites excluding steroid dienone is 2. The molecule has 3 heteroatoms. The van der Waals surface area contributed by atoms with Crippen molar-refractivity contribution in [1.29, 1.82) is 0 Å². The van der Waals surface area contributed by atoms with Crippen LogP contribution in [0, 0.1) is 0 Å². The van der Waals surface area contributed by atoms with Crippen molar-refractivity contribution in [2.45, 2.75) is 79.1 Å². The second kappa shape index (κ2) is 12.4. The van der Waals surface area contributed by atoms with Crippen LogP contribution in [0.5, 0.6) is 0 Å². The van der Waals surface area contributed by atoms with Gasteiger partial charge in [0.1, 0.15) is 0 Å². The van der Waals surface area contributed by atoms with E-state index in [0.29, 0.717) is 0 Å². The minimum atomic E-state index is -0.452. The summed E-state index contributed by atoms with van der Waals surface area (Å²) >= 11 is 0. The molecule has 120 valence electrons. The maximum Gasteiger partial charge on any atom is 0.317 e. The van der Waals surface area contributed by atoms with Crippen molar-refractivity contribution in [2.75, 3.05) is 0 Å². The van der Waals surface area contributed by atoms with Crippen LogP contribution in [0.15, 0.2) is 23.3 Å². The largest absolute Gasteiger partial charge is 0.393 e. The number of esters is 2. The zero-order valence-corrected chi connectivity index (χ0v) is 14.0. The minimum Gasteiger partial charge on any atom is -0.393 e. The molecule has 0 spiro atoms. The first-order valence-electron chi connectivity index (χ1n) is 8.04. The van der Waals surface area contributed by atoms with Crippen LogP contribution in [0.3, 0.4) is 0 Å². The highest BCUT2D eigenvalue weighted by atomic mass is 16.6. The van der Waals surface area contributed by atoms with E-state index in [1.54, 1.807) is 0 Å². The lowest BCUT2D eigenvalue weighted by molar-refractivity contribution is -0.158. The zero-order valence-electron chi connectivity index (χ0n) is 14.0. The van der Waals surface area contributed by atoms with E-state index in [-0.39, 0.29) is 12.8 Å². The highest BCUT2D eigenvalue weighted by Gasteiger charge is 2.11. The molecule has 0 amide bonds. The van der Waals surface area contributed by atoms with E-state index >= 15 is 0 Å². The van der Waals surface area contributed by atoms with Crippen molar-refractivity contribution in [3.05, 3.63) is 23.3 Å². The van der Waals surface area contributed by atoms with Gasteiger partial charge in [0.05, 0.1) is 12.8 Å². The van der Waals surface area contributed by atoms with Crippen molar-refractivity contribution in [3.8, 4) is 0 Å². The normalized spacial score (nSPS) is 12.4. The molecule has 21 heavy (non-hydrogen) atoms. The van der Waals surface area contributed by atoms with Crippen LogP contribution in [0.1, 0.15) is 79.1 Å². The summed E-state index contributed by atoms with van der Waals surface area (Å²) < 4.78 is 4.84. The average Bonchev–Trinajstić information content (AvgIpc) is 2.38. The van der Waals surface area contributed by atoms with E-state index in [9.17, 15) is 9.59 Å². The molecule has 0 atom stereocenters. The first kappa shape index (κ1) is 19.6. The number of rotatable bonds is 10. The van der Waals surface area contributed by atoms with Gasteiger partial charge < -0.3 is 4.74 Å². The lowest BCUT2D eigenvalue weighted by Gasteiger charge is -2.04. The van der Waals surface area contributed by atoms with Gasteiger partial charge in [0.2, 0.25) is 0 Å². The number of ether oxygens (including phenoxy) is 1. The third-order valence-electron chi connectivity index (χ3n) is 3.17. The predicted molar refractivity (Wildman–Crippen MR) is 86.9 cm³/mol. The van der Waals surface area contributed by atoms with Gasteiger partial charge in [0.15, 0.2) is 0 Å². The molecule has 0 aliphatic carbocycles. The van der Waals surface area contributed by atoms with Gasteiger partial charge in [-0.25, -0.2) is 0 Å². The van der Waals surface area contributed by atoms with Gasteiger partial charge in [-0.2, -0.15) is 0 Å². The number of unbranched alkanes of at least 4 members (excludes halogenated alkanes) is 4. The maximum absolute atomic E-state index is 11.6. The molecule has 0 heterocycles. The van der Waals surface area contributed by atoms with Gasteiger partial charge in [-0.15, -0.1) is 0 Å². The summed E-state index contributed by atoms with van der Waals surface area (Å²) in [7, 11) is 0. The second-order valence-electron chi connectivity index (χ2n) is 5.59. The number of carbonyl (C=O) groups excluding carboxylic acids is 2. The van der Waals surface area contributed by atoms with Crippen molar-refractivity contribution in [3.63, 3.8) is 0 Å². The monoisotopic (exact) mass is 294 g/mol. The Morgan fingerprint density at radius 3 is 1.52 bits per heavy atom. The van der Waals surface area contributed by atoms with Crippen molar-refractivity contribution >= 4 is 11.9 Å². The summed E-state index contributed by atoms with van der Waals surface area (Å²) in [6.07, 6.45) is 11.0. The number of hydrogen-bond acceptors (Lipinski definition) is 3. The molecule has 0 aromatic heterocycles. The molecule has 0 aromatic carbocycles. The van der Waals surface area contributed by atoms with E-state index in [0.717, 1.165) is 49.7 Å². The summed E-state index contributed by atoms with van der Waals surface area (Å²) in [6, 6.07) is 0. The van der Waals surface area contributed by atoms with Crippen LogP contribution in [-0.4, -0.2) is 11.9 Å². The van der Waals surface area contributed by atoms with E-state index in [1.807, 2.05) is 26.0 Å². The fourth-order valence-electron chi connectivity index (χ4n) is 1.90. The maximum atomic E-state index is 11.6. The molecule has 0 fully saturated rings. The standard InChI is InChI=1S/C18H30O3/c1-5-7-9-11-15(3)13-17(19)21-18(20)14-16(4)12-10-8-6-2/h11-12H,5-10,13-14H2,1-4H3. The smallest absolute Gasteiger partial charge is 0.317 e. The molecule has 0 saturated heterocycles. The average molecular weight is 294 g/mol. The molecule has 0 radical (unpaired) electrons. The van der Waals surface area contributed by atoms with Gasteiger partial charge in [0, 0.05) is 0 Å². The summed E-state index contributed by atoms with van der Waals surface area (Å²) in [5, 5.41) is 0. The predicted octanol–water partition coefficient (Wildman–Crippen LogP) is 5.11. The lowest BCUT2D eigenvalue weighted by atomic mass is 10.1. The molecule has 0 rings (SSSR count). The van der Waals surface area contributed by atoms with Crippen molar-refractivity contribution in [1.82, 2.24) is 0 Å². The molecule has 0 unspecified atom stereocenters. The van der Waals surface area contributed by atoms with E-state index < -0.39 is 11.9 Å². The Hall–Kier alpha value is -1.38. The fraction of sp³-hybridized carbons (Fsp3) is 0.667. The van der Waals surface area contributed by atoms with E-state index in [4.69, 9.17) is 4.74 Å². The van der Waals surface area contributed by atoms with Crippen LogP contribution in [0.4, 0.5) is 0 Å². The van der Waals surface area contributed by atoms with Gasteiger partial charge in [-0.3, -0.25) is 9.59 Å². The van der Waals surface area contributed by atoms with E-state index in [2.05, 4.69) is 13.8 Å². The Balaban J connectivity index is 4.06. The highest BCUT2D eigenvalue weighted by Crippen LogP contribution is 2.09. The van der Waals surface area contributed by atoms with Gasteiger partial charge in [0.25, 0.3) is 0 Å². The molecule has 0 N–H and O–H groups in total. The molecular formula is C18H30O3. The molecule has 0 aliphatic rings. The van der Waals surface area contributed by atoms with E-state index in [1.165, 1.54) is 0 Å². The SMILES string of the molecule is CCCCC=C(C)CC(=O)OC(=O)CC(C)=CCCCC. The second-order valence-corrected chi connectivity index (χ2v) is 5.59. The van der Waals surface area contributed by atoms with Gasteiger partial charge >= 0.3 is 11.9 Å². The number of hydrogen-bond donors (Lipinski definition) is 0. The highest BCUT2D eigenvalue weighted by molar-refractivity contribution is 5.87. The van der Waals surface area contributed by atoms with Crippen LogP contribution < -0.4 is 0 Å². The first-order valence-corrected chi connectivity index (χ1v) is 8.04. The van der Waals surface area contributed by atoms with Gasteiger partial charge in [-0.1, -0.05) is 62.8 Å². The molecular weight excluding hydrogens is 264 g/mol. The van der Waals surface area contributed by atoms with Crippen molar-refractivity contribution < 1.29 is 14.3 Å². The lowest BCUT2D eigenvalue weighted by Crippen LogP contribution is -2.12. The first-order chi connectivity index (χ1) is 9.99. The third kappa shape index (κ3) is 12.1. The quantitative estimate of drug-likeness (QED) is 0.243. The number of carbonyl (C=O) groups is 2. The molecule has 3 nitrogen and oxygen atoms in total. The summed E-state index contributed by atoms with van der Waals surface area (Å²) in [5.41, 5.74) is 1.94. The molecule has 0 saturated carbocycles. The minimum absolute atomic E-state index is 0.202. The van der Waals surface area contributed by atoms with Crippen molar-refractivity contribution in [2.24, 2.45) is 0 Å². The molecule has 0 aliphatic heterocycles. The van der Waals surface area contributed by atoms with Crippen LogP contribution in [-0.2, 0) is 14.3 Å². The summed E-state index contributed by atoms with van der Waals surface area (Å²) in [5.74, 6) is -0.904. The Bertz CT molecular complexity index is 342. The Morgan fingerprint density at radius 2 is 1.19 bits per heavy atom. The summed E-state index contributed by atoms with van der Waals surface area (Å²) in [4.78, 5) is 23.3. The van der Waals surface area contributed by atoms with Crippen LogP contribution >= 0.6 is 0 Å². The van der Waals surface area contributed by atoms with Gasteiger partial charge in [-0.05, 0) is 26.7 Å². The van der Waals surface area contributed by atoms with Crippen LogP contribution in [0.25, 0.3) is 0 Å². The Kier molecular flexibility index (Phi) is 11.6. The Labute approximate surface area is 129 Å². The Morgan fingerprint density at radius 1 is 0.810 bits per heavy atom. The fourth-order valence-corrected chi connectivity index (χ4v) is 1.90. The molecule has 0 bridgehead atoms. The topological polar surface area (TPSA) is 43.4 Å². The zero-order chi connectivity index (χ0) is 16.1. The summed E-state index contributed by atoms with van der Waals surface area (Å²) in [6.45, 7) is 8.06. The van der Waals surface area contributed by atoms with Crippen LogP contribution in [0.2, 0.25) is 0 Å².